The predicted molar refractivity (Wildman–Crippen MR) is 54.3 cm³/mol. The van der Waals surface area contributed by atoms with Crippen LogP contribution in [-0.4, -0.2) is 0 Å². The van der Waals surface area contributed by atoms with Gasteiger partial charge in [0.15, 0.2) is 0 Å². The first-order chi connectivity index (χ1) is 5.65. The Balaban J connectivity index is 3.08. The van der Waals surface area contributed by atoms with E-state index in [2.05, 4.69) is 45.9 Å². The molecule has 0 fully saturated rings. The van der Waals surface area contributed by atoms with Crippen LogP contribution in [0.5, 0.6) is 0 Å². The summed E-state index contributed by atoms with van der Waals surface area (Å²) in [6.45, 7) is 8.70. The minimum absolute atomic E-state index is 1.13. The summed E-state index contributed by atoms with van der Waals surface area (Å²) in [7, 11) is 0. The zero-order valence-corrected chi connectivity index (χ0v) is 8.44. The van der Waals surface area contributed by atoms with Gasteiger partial charge in [0, 0.05) is 0 Å². The van der Waals surface area contributed by atoms with Gasteiger partial charge >= 0.3 is 0 Å². The lowest BCUT2D eigenvalue weighted by Gasteiger charge is -2.10. The van der Waals surface area contributed by atoms with Crippen molar-refractivity contribution in [2.45, 2.75) is 34.1 Å². The molecule has 1 radical (unpaired) electrons. The molecule has 0 spiro atoms. The van der Waals surface area contributed by atoms with Gasteiger partial charge in [0.05, 0.1) is 0 Å². The monoisotopic (exact) mass is 161 g/mol. The second-order valence-electron chi connectivity index (χ2n) is 3.50. The van der Waals surface area contributed by atoms with Crippen molar-refractivity contribution in [2.75, 3.05) is 0 Å². The molecule has 0 heteroatoms. The summed E-state index contributed by atoms with van der Waals surface area (Å²) < 4.78 is 0. The second kappa shape index (κ2) is 3.75. The quantitative estimate of drug-likeness (QED) is 0.622. The summed E-state index contributed by atoms with van der Waals surface area (Å²) in [5.41, 5.74) is 4.22. The van der Waals surface area contributed by atoms with Crippen LogP contribution in [0, 0.1) is 12.8 Å². The highest BCUT2D eigenvalue weighted by atomic mass is 14.1. The van der Waals surface area contributed by atoms with Crippen LogP contribution < -0.4 is 0 Å². The zero-order chi connectivity index (χ0) is 9.14. The lowest BCUT2D eigenvalue weighted by Crippen LogP contribution is -1.94. The first-order valence-corrected chi connectivity index (χ1v) is 4.55. The van der Waals surface area contributed by atoms with Crippen molar-refractivity contribution in [1.82, 2.24) is 0 Å². The summed E-state index contributed by atoms with van der Waals surface area (Å²) in [6.07, 6.45) is 1.13. The van der Waals surface area contributed by atoms with Gasteiger partial charge in [-0.15, -0.1) is 0 Å². The highest BCUT2D eigenvalue weighted by Crippen LogP contribution is 2.19. The molecule has 0 unspecified atom stereocenters. The maximum atomic E-state index is 2.30. The molecule has 1 rings (SSSR count). The van der Waals surface area contributed by atoms with E-state index in [1.165, 1.54) is 22.6 Å². The van der Waals surface area contributed by atoms with Gasteiger partial charge in [0.1, 0.15) is 0 Å². The zero-order valence-electron chi connectivity index (χ0n) is 8.44. The van der Waals surface area contributed by atoms with Gasteiger partial charge in [0.25, 0.3) is 0 Å². The Kier molecular flexibility index (Phi) is 2.91. The van der Waals surface area contributed by atoms with Gasteiger partial charge in [-0.2, -0.15) is 0 Å². The van der Waals surface area contributed by atoms with E-state index in [0.717, 1.165) is 6.42 Å². The smallest absolute Gasteiger partial charge is 0.000923 e. The van der Waals surface area contributed by atoms with Crippen LogP contribution in [0.3, 0.4) is 0 Å². The number of aryl methyl sites for hydroxylation is 2. The Hall–Kier alpha value is -0.780. The molecule has 0 saturated carbocycles. The molecule has 0 heterocycles. The van der Waals surface area contributed by atoms with Crippen LogP contribution >= 0.6 is 0 Å². The largest absolute Gasteiger partial charge is 0.0613 e. The predicted octanol–water partition coefficient (Wildman–Crippen LogP) is 3.52. The fraction of sp³-hybridized carbons (Fsp3) is 0.417. The third kappa shape index (κ3) is 1.88. The Labute approximate surface area is 75.6 Å². The molecule has 65 valence electrons. The van der Waals surface area contributed by atoms with E-state index in [4.69, 9.17) is 0 Å². The third-order valence-electron chi connectivity index (χ3n) is 2.25. The normalized spacial score (nSPS) is 10.8. The standard InChI is InChI=1S/C12H17/c1-5-11-7-6-10(4)12(8-11)9(2)3/h6-8H,5H2,1-4H3. The number of hydrogen-bond donors (Lipinski definition) is 0. The van der Waals surface area contributed by atoms with Gasteiger partial charge < -0.3 is 0 Å². The third-order valence-corrected chi connectivity index (χ3v) is 2.25. The van der Waals surface area contributed by atoms with Crippen molar-refractivity contribution < 1.29 is 0 Å². The van der Waals surface area contributed by atoms with Gasteiger partial charge in [0.2, 0.25) is 0 Å². The van der Waals surface area contributed by atoms with Crippen molar-refractivity contribution in [2.24, 2.45) is 0 Å². The first-order valence-electron chi connectivity index (χ1n) is 4.55. The lowest BCUT2D eigenvalue weighted by molar-refractivity contribution is 1.08. The maximum Gasteiger partial charge on any atom is -0.000923 e. The summed E-state index contributed by atoms with van der Waals surface area (Å²) in [5.74, 6) is 1.41. The van der Waals surface area contributed by atoms with Crippen molar-refractivity contribution >= 4 is 0 Å². The van der Waals surface area contributed by atoms with Crippen molar-refractivity contribution in [3.8, 4) is 0 Å². The van der Waals surface area contributed by atoms with Crippen LogP contribution in [0.4, 0.5) is 0 Å². The fourth-order valence-electron chi connectivity index (χ4n) is 1.43. The maximum absolute atomic E-state index is 2.30. The summed E-state index contributed by atoms with van der Waals surface area (Å²) in [6, 6.07) is 6.72. The molecule has 1 aromatic rings. The van der Waals surface area contributed by atoms with E-state index in [0.29, 0.717) is 0 Å². The number of hydrogen-bond acceptors (Lipinski definition) is 0. The van der Waals surface area contributed by atoms with E-state index in [-0.39, 0.29) is 0 Å². The van der Waals surface area contributed by atoms with Crippen LogP contribution in [-0.2, 0) is 6.42 Å². The SMILES string of the molecule is CCc1ccc(C)c([C](C)C)c1. The van der Waals surface area contributed by atoms with Gasteiger partial charge in [-0.1, -0.05) is 39.0 Å². The minimum Gasteiger partial charge on any atom is -0.0613 e. The summed E-state index contributed by atoms with van der Waals surface area (Å²) >= 11 is 0. The van der Waals surface area contributed by atoms with Crippen LogP contribution in [0.25, 0.3) is 0 Å². The molecule has 1 aromatic carbocycles. The van der Waals surface area contributed by atoms with E-state index >= 15 is 0 Å². The molecule has 0 aliphatic heterocycles. The van der Waals surface area contributed by atoms with Crippen LogP contribution in [0.15, 0.2) is 18.2 Å². The van der Waals surface area contributed by atoms with E-state index in [1.54, 1.807) is 0 Å². The minimum atomic E-state index is 1.13. The highest BCUT2D eigenvalue weighted by molar-refractivity contribution is 5.39. The molecular formula is C12H17. The topological polar surface area (TPSA) is 0 Å². The summed E-state index contributed by atoms with van der Waals surface area (Å²) in [4.78, 5) is 0. The Morgan fingerprint density at radius 3 is 2.42 bits per heavy atom. The Bertz CT molecular complexity index is 259. The Morgan fingerprint density at radius 1 is 1.25 bits per heavy atom. The highest BCUT2D eigenvalue weighted by Gasteiger charge is 2.03. The van der Waals surface area contributed by atoms with E-state index in [9.17, 15) is 0 Å². The van der Waals surface area contributed by atoms with E-state index in [1.807, 2.05) is 0 Å². The molecule has 0 atom stereocenters. The molecule has 0 aliphatic carbocycles. The molecule has 12 heavy (non-hydrogen) atoms. The number of rotatable bonds is 2. The van der Waals surface area contributed by atoms with E-state index < -0.39 is 0 Å². The molecule has 0 amide bonds. The molecule has 0 aromatic heterocycles. The van der Waals surface area contributed by atoms with Gasteiger partial charge in [-0.05, 0) is 36.0 Å². The van der Waals surface area contributed by atoms with Crippen molar-refractivity contribution in [3.63, 3.8) is 0 Å². The lowest BCUT2D eigenvalue weighted by atomic mass is 9.95. The number of benzene rings is 1. The van der Waals surface area contributed by atoms with Gasteiger partial charge in [-0.3, -0.25) is 0 Å². The molecule has 0 bridgehead atoms. The average molecular weight is 161 g/mol. The summed E-state index contributed by atoms with van der Waals surface area (Å²) in [5, 5.41) is 0. The fourth-order valence-corrected chi connectivity index (χ4v) is 1.43. The van der Waals surface area contributed by atoms with Crippen molar-refractivity contribution in [3.05, 3.63) is 40.8 Å². The second-order valence-corrected chi connectivity index (χ2v) is 3.50. The molecule has 0 aliphatic rings. The molecule has 0 N–H and O–H groups in total. The average Bonchev–Trinajstić information content (AvgIpc) is 2.05. The van der Waals surface area contributed by atoms with Crippen molar-refractivity contribution in [1.29, 1.82) is 0 Å². The molecule has 0 nitrogen and oxygen atoms in total. The van der Waals surface area contributed by atoms with Gasteiger partial charge in [-0.25, -0.2) is 0 Å². The molecular weight excluding hydrogens is 144 g/mol. The first kappa shape index (κ1) is 9.31. The molecule has 0 saturated heterocycles. The Morgan fingerprint density at radius 2 is 1.92 bits per heavy atom. The van der Waals surface area contributed by atoms with Crippen LogP contribution in [0.2, 0.25) is 0 Å². The van der Waals surface area contributed by atoms with Crippen LogP contribution in [0.1, 0.15) is 37.5 Å².